The van der Waals surface area contributed by atoms with Crippen LogP contribution in [0.2, 0.25) is 0 Å². The molecule has 2 heterocycles. The number of hydrogen-bond donors (Lipinski definition) is 1. The van der Waals surface area contributed by atoms with Gasteiger partial charge < -0.3 is 15.4 Å². The Labute approximate surface area is 103 Å². The molecule has 0 radical (unpaired) electrons. The van der Waals surface area contributed by atoms with Gasteiger partial charge in [-0.05, 0) is 32.6 Å². The molecule has 2 aliphatic heterocycles. The molecule has 0 aromatic carbocycles. The first-order chi connectivity index (χ1) is 7.13. The lowest BCUT2D eigenvalue weighted by molar-refractivity contribution is -0.141. The number of carbonyl (C=O) groups excluding carboxylic acids is 1. The van der Waals surface area contributed by atoms with Crippen molar-refractivity contribution in [3.8, 4) is 0 Å². The maximum atomic E-state index is 12.3. The van der Waals surface area contributed by atoms with Crippen molar-refractivity contribution in [2.75, 3.05) is 19.8 Å². The lowest BCUT2D eigenvalue weighted by atomic mass is 9.89. The van der Waals surface area contributed by atoms with Crippen molar-refractivity contribution in [3.63, 3.8) is 0 Å². The highest BCUT2D eigenvalue weighted by molar-refractivity contribution is 5.86. The third kappa shape index (κ3) is 2.50. The second-order valence-electron chi connectivity index (χ2n) is 4.76. The molecule has 4 nitrogen and oxygen atoms in total. The molecular weight excluding hydrogens is 228 g/mol. The molecule has 2 fully saturated rings. The highest BCUT2D eigenvalue weighted by atomic mass is 35.5. The number of amides is 1. The van der Waals surface area contributed by atoms with E-state index >= 15 is 0 Å². The Morgan fingerprint density at radius 1 is 1.44 bits per heavy atom. The zero-order valence-electron chi connectivity index (χ0n) is 9.78. The van der Waals surface area contributed by atoms with E-state index in [4.69, 9.17) is 10.5 Å². The molecule has 0 spiro atoms. The van der Waals surface area contributed by atoms with E-state index in [1.54, 1.807) is 0 Å². The molecule has 1 unspecified atom stereocenters. The summed E-state index contributed by atoms with van der Waals surface area (Å²) in [7, 11) is 0. The van der Waals surface area contributed by atoms with Gasteiger partial charge in [0.1, 0.15) is 0 Å². The fourth-order valence-electron chi connectivity index (χ4n) is 2.47. The lowest BCUT2D eigenvalue weighted by Crippen LogP contribution is -2.58. The predicted octanol–water partition coefficient (Wildman–Crippen LogP) is 0.927. The van der Waals surface area contributed by atoms with Gasteiger partial charge in [0.25, 0.3) is 0 Å². The van der Waals surface area contributed by atoms with Crippen LogP contribution in [0, 0.1) is 0 Å². The highest BCUT2D eigenvalue weighted by Gasteiger charge is 2.41. The number of likely N-dealkylation sites (tertiary alicyclic amines) is 1. The molecule has 1 atom stereocenters. The van der Waals surface area contributed by atoms with Crippen molar-refractivity contribution >= 4 is 18.3 Å². The molecule has 2 rings (SSSR count). The second kappa shape index (κ2) is 5.34. The fraction of sp³-hybridized carbons (Fsp3) is 0.909. The molecule has 2 aliphatic rings. The number of carbonyl (C=O) groups is 1. The summed E-state index contributed by atoms with van der Waals surface area (Å²) in [5.74, 6) is 0.135. The first-order valence-corrected chi connectivity index (χ1v) is 5.81. The lowest BCUT2D eigenvalue weighted by Gasteiger charge is -2.36. The Balaban J connectivity index is 0.00000128. The molecule has 5 heteroatoms. The van der Waals surface area contributed by atoms with E-state index in [9.17, 15) is 4.79 Å². The van der Waals surface area contributed by atoms with Gasteiger partial charge in [-0.25, -0.2) is 0 Å². The van der Waals surface area contributed by atoms with Crippen LogP contribution in [0.4, 0.5) is 0 Å². The summed E-state index contributed by atoms with van der Waals surface area (Å²) < 4.78 is 5.25. The quantitative estimate of drug-likeness (QED) is 0.751. The molecule has 1 amide bonds. The summed E-state index contributed by atoms with van der Waals surface area (Å²) >= 11 is 0. The summed E-state index contributed by atoms with van der Waals surface area (Å²) in [6.07, 6.45) is 3.54. The van der Waals surface area contributed by atoms with Gasteiger partial charge in [-0.2, -0.15) is 0 Å². The van der Waals surface area contributed by atoms with E-state index in [1.165, 1.54) is 0 Å². The smallest absolute Gasteiger partial charge is 0.243 e. The molecule has 0 aromatic heterocycles. The molecule has 0 aromatic rings. The standard InChI is InChI=1S/C11H20N2O2.ClH/c1-9-3-2-6-13(9)10(14)11(12)4-7-15-8-5-11;/h9H,2-8,12H2,1H3;1H. The van der Waals surface area contributed by atoms with Crippen molar-refractivity contribution in [3.05, 3.63) is 0 Å². The maximum Gasteiger partial charge on any atom is 0.243 e. The molecule has 2 N–H and O–H groups in total. The van der Waals surface area contributed by atoms with Gasteiger partial charge in [0.2, 0.25) is 5.91 Å². The van der Waals surface area contributed by atoms with Crippen LogP contribution in [-0.4, -0.2) is 42.1 Å². The third-order valence-corrected chi connectivity index (χ3v) is 3.62. The van der Waals surface area contributed by atoms with E-state index < -0.39 is 5.54 Å². The van der Waals surface area contributed by atoms with E-state index in [0.29, 0.717) is 32.1 Å². The van der Waals surface area contributed by atoms with Gasteiger partial charge in [0.05, 0.1) is 5.54 Å². The minimum atomic E-state index is -0.656. The molecular formula is C11H21ClN2O2. The zero-order chi connectivity index (χ0) is 10.9. The summed E-state index contributed by atoms with van der Waals surface area (Å²) in [6, 6.07) is 0.362. The minimum absolute atomic E-state index is 0. The topological polar surface area (TPSA) is 55.6 Å². The van der Waals surface area contributed by atoms with Gasteiger partial charge >= 0.3 is 0 Å². The number of hydrogen-bond acceptors (Lipinski definition) is 3. The molecule has 2 saturated heterocycles. The van der Waals surface area contributed by atoms with Crippen molar-refractivity contribution in [1.82, 2.24) is 4.90 Å². The van der Waals surface area contributed by atoms with Gasteiger partial charge in [-0.1, -0.05) is 0 Å². The summed E-state index contributed by atoms with van der Waals surface area (Å²) in [5.41, 5.74) is 5.52. The monoisotopic (exact) mass is 248 g/mol. The first kappa shape index (κ1) is 13.7. The average Bonchev–Trinajstić information content (AvgIpc) is 2.64. The van der Waals surface area contributed by atoms with Crippen molar-refractivity contribution in [1.29, 1.82) is 0 Å². The summed E-state index contributed by atoms with van der Waals surface area (Å²) in [4.78, 5) is 14.2. The number of halogens is 1. The van der Waals surface area contributed by atoms with Gasteiger partial charge in [0.15, 0.2) is 0 Å². The van der Waals surface area contributed by atoms with Crippen LogP contribution in [0.1, 0.15) is 32.6 Å². The molecule has 94 valence electrons. The largest absolute Gasteiger partial charge is 0.381 e. The number of nitrogens with two attached hydrogens (primary N) is 1. The van der Waals surface area contributed by atoms with Crippen LogP contribution in [0.25, 0.3) is 0 Å². The van der Waals surface area contributed by atoms with Crippen LogP contribution in [-0.2, 0) is 9.53 Å². The fourth-order valence-corrected chi connectivity index (χ4v) is 2.47. The van der Waals surface area contributed by atoms with Crippen LogP contribution in [0.5, 0.6) is 0 Å². The zero-order valence-corrected chi connectivity index (χ0v) is 10.6. The van der Waals surface area contributed by atoms with Crippen molar-refractivity contribution in [2.45, 2.75) is 44.2 Å². The second-order valence-corrected chi connectivity index (χ2v) is 4.76. The molecule has 0 aliphatic carbocycles. The Hall–Kier alpha value is -0.320. The Kier molecular flexibility index (Phi) is 4.59. The van der Waals surface area contributed by atoms with Crippen molar-refractivity contribution < 1.29 is 9.53 Å². The first-order valence-electron chi connectivity index (χ1n) is 5.81. The molecule has 0 bridgehead atoms. The van der Waals surface area contributed by atoms with E-state index in [0.717, 1.165) is 19.4 Å². The van der Waals surface area contributed by atoms with E-state index in [-0.39, 0.29) is 18.3 Å². The third-order valence-electron chi connectivity index (χ3n) is 3.62. The maximum absolute atomic E-state index is 12.3. The Bertz CT molecular complexity index is 254. The Morgan fingerprint density at radius 2 is 2.06 bits per heavy atom. The van der Waals surface area contributed by atoms with Gasteiger partial charge in [-0.15, -0.1) is 12.4 Å². The van der Waals surface area contributed by atoms with E-state index in [1.807, 2.05) is 4.90 Å². The summed E-state index contributed by atoms with van der Waals surface area (Å²) in [5, 5.41) is 0. The predicted molar refractivity (Wildman–Crippen MR) is 64.6 cm³/mol. The normalized spacial score (nSPS) is 28.6. The van der Waals surface area contributed by atoms with Crippen LogP contribution >= 0.6 is 12.4 Å². The Morgan fingerprint density at radius 3 is 2.56 bits per heavy atom. The van der Waals surface area contributed by atoms with E-state index in [2.05, 4.69) is 6.92 Å². The number of nitrogens with zero attached hydrogens (tertiary/aromatic N) is 1. The van der Waals surface area contributed by atoms with Gasteiger partial charge in [0, 0.05) is 25.8 Å². The van der Waals surface area contributed by atoms with Crippen molar-refractivity contribution in [2.24, 2.45) is 5.73 Å². The SMILES string of the molecule is CC1CCCN1C(=O)C1(N)CCOCC1.Cl. The van der Waals surface area contributed by atoms with Crippen LogP contribution in [0.15, 0.2) is 0 Å². The molecule has 0 saturated carbocycles. The highest BCUT2D eigenvalue weighted by Crippen LogP contribution is 2.25. The average molecular weight is 249 g/mol. The number of rotatable bonds is 1. The number of ether oxygens (including phenoxy) is 1. The minimum Gasteiger partial charge on any atom is -0.381 e. The van der Waals surface area contributed by atoms with Crippen LogP contribution < -0.4 is 5.73 Å². The van der Waals surface area contributed by atoms with Crippen LogP contribution in [0.3, 0.4) is 0 Å². The molecule has 16 heavy (non-hydrogen) atoms. The van der Waals surface area contributed by atoms with Gasteiger partial charge in [-0.3, -0.25) is 4.79 Å². The summed E-state index contributed by atoms with van der Waals surface area (Å²) in [6.45, 7) is 4.21.